The van der Waals surface area contributed by atoms with E-state index >= 15 is 0 Å². The third-order valence-electron chi connectivity index (χ3n) is 3.08. The molecule has 1 unspecified atom stereocenters. The zero-order valence-electron chi connectivity index (χ0n) is 11.1. The highest BCUT2D eigenvalue weighted by Crippen LogP contribution is 2.15. The molecule has 1 atom stereocenters. The van der Waals surface area contributed by atoms with E-state index in [1.807, 2.05) is 18.5 Å². The summed E-state index contributed by atoms with van der Waals surface area (Å²) in [6, 6.07) is 8.77. The van der Waals surface area contributed by atoms with E-state index in [4.69, 9.17) is 0 Å². The second-order valence-corrected chi connectivity index (χ2v) is 4.60. The number of hydrogen-bond donors (Lipinski definition) is 1. The number of hydrogen-bond acceptors (Lipinski definition) is 2. The average molecular weight is 243 g/mol. The molecule has 3 heteroatoms. The summed E-state index contributed by atoms with van der Waals surface area (Å²) in [4.78, 5) is 4.16. The van der Waals surface area contributed by atoms with Gasteiger partial charge in [-0.05, 0) is 43.7 Å². The van der Waals surface area contributed by atoms with Gasteiger partial charge in [-0.1, -0.05) is 13.0 Å². The minimum absolute atomic E-state index is 0.386. The Morgan fingerprint density at radius 1 is 1.33 bits per heavy atom. The van der Waals surface area contributed by atoms with Gasteiger partial charge in [-0.3, -0.25) is 4.98 Å². The molecule has 0 saturated heterocycles. The van der Waals surface area contributed by atoms with E-state index < -0.39 is 0 Å². The molecule has 1 N–H and O–H groups in total. The van der Waals surface area contributed by atoms with Gasteiger partial charge in [0, 0.05) is 36.9 Å². The summed E-state index contributed by atoms with van der Waals surface area (Å²) in [5, 5.41) is 3.52. The lowest BCUT2D eigenvalue weighted by atomic mass is 10.2. The maximum Gasteiger partial charge on any atom is 0.0488 e. The Kier molecular flexibility index (Phi) is 4.53. The molecule has 3 nitrogen and oxygen atoms in total. The predicted octanol–water partition coefficient (Wildman–Crippen LogP) is 2.99. The van der Waals surface area contributed by atoms with Crippen molar-refractivity contribution in [2.45, 2.75) is 32.9 Å². The zero-order chi connectivity index (χ0) is 12.8. The highest BCUT2D eigenvalue weighted by molar-refractivity contribution is 5.16. The van der Waals surface area contributed by atoms with E-state index in [1.165, 1.54) is 11.3 Å². The Morgan fingerprint density at radius 2 is 2.22 bits per heavy atom. The monoisotopic (exact) mass is 243 g/mol. The maximum absolute atomic E-state index is 4.16. The van der Waals surface area contributed by atoms with Crippen LogP contribution in [-0.2, 0) is 6.54 Å². The number of aromatic nitrogens is 2. The number of pyridine rings is 1. The largest absolute Gasteiger partial charge is 0.346 e. The molecule has 0 aliphatic carbocycles. The summed E-state index contributed by atoms with van der Waals surface area (Å²) in [6.45, 7) is 6.34. The van der Waals surface area contributed by atoms with Crippen LogP contribution in [0.1, 0.15) is 37.6 Å². The quantitative estimate of drug-likeness (QED) is 0.845. The smallest absolute Gasteiger partial charge is 0.0488 e. The Balaban J connectivity index is 2.08. The molecular weight excluding hydrogens is 222 g/mol. The van der Waals surface area contributed by atoms with Crippen molar-refractivity contribution in [1.82, 2.24) is 14.9 Å². The van der Waals surface area contributed by atoms with Crippen molar-refractivity contribution in [2.75, 3.05) is 6.54 Å². The normalized spacial score (nSPS) is 12.6. The van der Waals surface area contributed by atoms with Crippen LogP contribution in [0.15, 0.2) is 42.9 Å². The molecule has 0 aromatic carbocycles. The van der Waals surface area contributed by atoms with E-state index in [0.717, 1.165) is 19.5 Å². The van der Waals surface area contributed by atoms with Gasteiger partial charge in [0.05, 0.1) is 0 Å². The first-order chi connectivity index (χ1) is 8.81. The average Bonchev–Trinajstić information content (AvgIpc) is 2.85. The SMILES string of the molecule is CCCNC(C)c1cccn1Cc1cccnc1. The molecule has 0 amide bonds. The first kappa shape index (κ1) is 12.8. The second kappa shape index (κ2) is 6.36. The topological polar surface area (TPSA) is 29.9 Å². The summed E-state index contributed by atoms with van der Waals surface area (Å²) < 4.78 is 2.28. The first-order valence-electron chi connectivity index (χ1n) is 6.58. The molecule has 0 aliphatic rings. The molecule has 2 aromatic rings. The van der Waals surface area contributed by atoms with Gasteiger partial charge >= 0.3 is 0 Å². The molecule has 0 spiro atoms. The van der Waals surface area contributed by atoms with Crippen molar-refractivity contribution < 1.29 is 0 Å². The fourth-order valence-corrected chi connectivity index (χ4v) is 2.12. The van der Waals surface area contributed by atoms with Gasteiger partial charge in [0.2, 0.25) is 0 Å². The van der Waals surface area contributed by atoms with Crippen LogP contribution in [0, 0.1) is 0 Å². The molecule has 2 aromatic heterocycles. The fraction of sp³-hybridized carbons (Fsp3) is 0.400. The number of rotatable bonds is 6. The van der Waals surface area contributed by atoms with Crippen LogP contribution in [0.3, 0.4) is 0 Å². The third-order valence-corrected chi connectivity index (χ3v) is 3.08. The van der Waals surface area contributed by atoms with Crippen molar-refractivity contribution in [1.29, 1.82) is 0 Å². The fourth-order valence-electron chi connectivity index (χ4n) is 2.12. The summed E-state index contributed by atoms with van der Waals surface area (Å²) >= 11 is 0. The minimum Gasteiger partial charge on any atom is -0.346 e. The molecular formula is C15H21N3. The lowest BCUT2D eigenvalue weighted by Gasteiger charge is -2.16. The Bertz CT molecular complexity index is 462. The van der Waals surface area contributed by atoms with E-state index in [1.54, 1.807) is 0 Å². The summed E-state index contributed by atoms with van der Waals surface area (Å²) in [7, 11) is 0. The lowest BCUT2D eigenvalue weighted by molar-refractivity contribution is 0.534. The van der Waals surface area contributed by atoms with Crippen molar-refractivity contribution in [3.05, 3.63) is 54.1 Å². The van der Waals surface area contributed by atoms with Crippen LogP contribution in [0.2, 0.25) is 0 Å². The van der Waals surface area contributed by atoms with Crippen LogP contribution in [0.4, 0.5) is 0 Å². The number of nitrogens with one attached hydrogen (secondary N) is 1. The third kappa shape index (κ3) is 3.20. The standard InChI is InChI=1S/C15H21N3/c1-3-8-17-13(2)15-7-5-10-18(15)12-14-6-4-9-16-11-14/h4-7,9-11,13,17H,3,8,12H2,1-2H3. The molecule has 2 heterocycles. The van der Waals surface area contributed by atoms with E-state index in [-0.39, 0.29) is 0 Å². The minimum atomic E-state index is 0.386. The van der Waals surface area contributed by atoms with Gasteiger partial charge in [-0.15, -0.1) is 0 Å². The molecule has 0 fully saturated rings. The van der Waals surface area contributed by atoms with E-state index in [0.29, 0.717) is 6.04 Å². The molecule has 18 heavy (non-hydrogen) atoms. The van der Waals surface area contributed by atoms with Crippen molar-refractivity contribution >= 4 is 0 Å². The van der Waals surface area contributed by atoms with Crippen LogP contribution < -0.4 is 5.32 Å². The van der Waals surface area contributed by atoms with Gasteiger partial charge in [0.15, 0.2) is 0 Å². The molecule has 0 bridgehead atoms. The summed E-state index contributed by atoms with van der Waals surface area (Å²) in [6.07, 6.45) is 7.03. The van der Waals surface area contributed by atoms with Crippen LogP contribution in [0.5, 0.6) is 0 Å². The molecule has 0 saturated carbocycles. The van der Waals surface area contributed by atoms with Gasteiger partial charge in [-0.25, -0.2) is 0 Å². The van der Waals surface area contributed by atoms with Gasteiger partial charge in [-0.2, -0.15) is 0 Å². The molecule has 96 valence electrons. The van der Waals surface area contributed by atoms with Crippen LogP contribution in [0.25, 0.3) is 0 Å². The number of nitrogens with zero attached hydrogens (tertiary/aromatic N) is 2. The maximum atomic E-state index is 4.16. The Hall–Kier alpha value is -1.61. The van der Waals surface area contributed by atoms with Gasteiger partial charge in [0.25, 0.3) is 0 Å². The van der Waals surface area contributed by atoms with E-state index in [2.05, 4.69) is 53.1 Å². The Labute approximate surface area is 109 Å². The molecule has 2 rings (SSSR count). The summed E-state index contributed by atoms with van der Waals surface area (Å²) in [5.41, 5.74) is 2.56. The highest BCUT2D eigenvalue weighted by atomic mass is 15.0. The van der Waals surface area contributed by atoms with E-state index in [9.17, 15) is 0 Å². The lowest BCUT2D eigenvalue weighted by Crippen LogP contribution is -2.22. The highest BCUT2D eigenvalue weighted by Gasteiger charge is 2.09. The van der Waals surface area contributed by atoms with Crippen LogP contribution >= 0.6 is 0 Å². The van der Waals surface area contributed by atoms with Crippen molar-refractivity contribution in [3.8, 4) is 0 Å². The molecule has 0 aliphatic heterocycles. The summed E-state index contributed by atoms with van der Waals surface area (Å²) in [5.74, 6) is 0. The van der Waals surface area contributed by atoms with Gasteiger partial charge in [0.1, 0.15) is 0 Å². The Morgan fingerprint density at radius 3 is 2.94 bits per heavy atom. The predicted molar refractivity (Wildman–Crippen MR) is 74.5 cm³/mol. The first-order valence-corrected chi connectivity index (χ1v) is 6.58. The molecule has 0 radical (unpaired) electrons. The van der Waals surface area contributed by atoms with Crippen molar-refractivity contribution in [2.24, 2.45) is 0 Å². The van der Waals surface area contributed by atoms with Gasteiger partial charge < -0.3 is 9.88 Å². The zero-order valence-corrected chi connectivity index (χ0v) is 11.1. The van der Waals surface area contributed by atoms with Crippen LogP contribution in [-0.4, -0.2) is 16.1 Å². The second-order valence-electron chi connectivity index (χ2n) is 4.60. The van der Waals surface area contributed by atoms with Crippen molar-refractivity contribution in [3.63, 3.8) is 0 Å².